The Morgan fingerprint density at radius 1 is 1.46 bits per heavy atom. The highest BCUT2D eigenvalue weighted by atomic mass is 35.5. The summed E-state index contributed by atoms with van der Waals surface area (Å²) in [6.45, 7) is 1.58. The summed E-state index contributed by atoms with van der Waals surface area (Å²) >= 11 is 5.99. The van der Waals surface area contributed by atoms with E-state index < -0.39 is 17.9 Å². The lowest BCUT2D eigenvalue weighted by Gasteiger charge is -2.25. The van der Waals surface area contributed by atoms with Crippen LogP contribution in [0.2, 0.25) is 5.02 Å². The molecule has 1 fully saturated rings. The Kier molecular flexibility index (Phi) is 5.33. The first-order chi connectivity index (χ1) is 11.3. The number of methoxy groups -OCH3 is 1. The molecule has 1 aromatic rings. The molecule has 1 aliphatic heterocycles. The first-order valence-electron chi connectivity index (χ1n) is 7.39. The Morgan fingerprint density at radius 3 is 2.71 bits per heavy atom. The van der Waals surface area contributed by atoms with Gasteiger partial charge in [-0.1, -0.05) is 11.6 Å². The average Bonchev–Trinajstić information content (AvgIpc) is 2.94. The van der Waals surface area contributed by atoms with Crippen LogP contribution in [0.3, 0.4) is 0 Å². The zero-order valence-electron chi connectivity index (χ0n) is 13.7. The minimum Gasteiger partial charge on any atom is -0.495 e. The topological polar surface area (TPSA) is 87.2 Å². The number of carboxylic acid groups (broad SMARTS) is 1. The van der Waals surface area contributed by atoms with Crippen LogP contribution in [-0.2, 0) is 14.4 Å². The number of hydrogen-bond donors (Lipinski definition) is 1. The van der Waals surface area contributed by atoms with Crippen molar-refractivity contribution in [1.29, 1.82) is 0 Å². The largest absolute Gasteiger partial charge is 0.495 e. The molecule has 0 bridgehead atoms. The number of hydrogen-bond acceptors (Lipinski definition) is 4. The van der Waals surface area contributed by atoms with Crippen molar-refractivity contribution in [2.45, 2.75) is 19.4 Å². The van der Waals surface area contributed by atoms with Crippen molar-refractivity contribution >= 4 is 35.1 Å². The molecule has 0 aliphatic carbocycles. The second-order valence-electron chi connectivity index (χ2n) is 5.68. The summed E-state index contributed by atoms with van der Waals surface area (Å²) < 4.78 is 5.25. The third-order valence-corrected chi connectivity index (χ3v) is 4.43. The summed E-state index contributed by atoms with van der Waals surface area (Å²) in [4.78, 5) is 38.4. The molecule has 2 atom stereocenters. The van der Waals surface area contributed by atoms with Gasteiger partial charge in [0, 0.05) is 25.0 Å². The van der Waals surface area contributed by atoms with Gasteiger partial charge in [-0.3, -0.25) is 9.59 Å². The molecule has 1 aromatic carbocycles. The Hall–Kier alpha value is -2.28. The van der Waals surface area contributed by atoms with Crippen molar-refractivity contribution in [3.8, 4) is 5.75 Å². The van der Waals surface area contributed by atoms with E-state index in [1.165, 1.54) is 26.0 Å². The molecule has 1 aliphatic rings. The highest BCUT2D eigenvalue weighted by Gasteiger charge is 2.39. The molecule has 0 radical (unpaired) electrons. The molecule has 2 unspecified atom stereocenters. The van der Waals surface area contributed by atoms with Gasteiger partial charge in [0.05, 0.1) is 18.7 Å². The van der Waals surface area contributed by atoms with E-state index in [4.69, 9.17) is 21.4 Å². The summed E-state index contributed by atoms with van der Waals surface area (Å²) in [6.07, 6.45) is 0.0190. The normalized spacial score (nSPS) is 18.4. The number of carbonyl (C=O) groups excluding carboxylic acids is 2. The Morgan fingerprint density at radius 2 is 2.12 bits per heavy atom. The van der Waals surface area contributed by atoms with Gasteiger partial charge < -0.3 is 19.6 Å². The van der Waals surface area contributed by atoms with Crippen LogP contribution >= 0.6 is 11.6 Å². The fourth-order valence-electron chi connectivity index (χ4n) is 2.62. The summed E-state index contributed by atoms with van der Waals surface area (Å²) in [5, 5.41) is 9.47. The molecule has 1 N–H and O–H groups in total. The van der Waals surface area contributed by atoms with Crippen LogP contribution in [0.15, 0.2) is 18.2 Å². The van der Waals surface area contributed by atoms with Crippen LogP contribution in [0.25, 0.3) is 0 Å². The predicted molar refractivity (Wildman–Crippen MR) is 88.3 cm³/mol. The van der Waals surface area contributed by atoms with Crippen LogP contribution in [-0.4, -0.2) is 54.5 Å². The fraction of sp³-hybridized carbons (Fsp3) is 0.438. The summed E-state index contributed by atoms with van der Waals surface area (Å²) in [6, 6.07) is 3.95. The highest BCUT2D eigenvalue weighted by Crippen LogP contribution is 2.35. The SMILES string of the molecule is COc1ccc(Cl)cc1N1CC(C(=O)N(C)C(C)C(=O)O)CC1=O. The number of carboxylic acids is 1. The van der Waals surface area contributed by atoms with Gasteiger partial charge in [0.1, 0.15) is 11.8 Å². The lowest BCUT2D eigenvalue weighted by Crippen LogP contribution is -2.43. The zero-order chi connectivity index (χ0) is 18.0. The molecule has 2 rings (SSSR count). The Bertz CT molecular complexity index is 678. The molecule has 7 nitrogen and oxygen atoms in total. The predicted octanol–water partition coefficient (Wildman–Crippen LogP) is 1.63. The molecule has 24 heavy (non-hydrogen) atoms. The van der Waals surface area contributed by atoms with E-state index in [1.54, 1.807) is 18.2 Å². The quantitative estimate of drug-likeness (QED) is 0.868. The van der Waals surface area contributed by atoms with Gasteiger partial charge in [0.2, 0.25) is 11.8 Å². The van der Waals surface area contributed by atoms with Gasteiger partial charge in [0.25, 0.3) is 0 Å². The molecule has 2 amide bonds. The first-order valence-corrected chi connectivity index (χ1v) is 7.77. The minimum atomic E-state index is -1.09. The van der Waals surface area contributed by atoms with E-state index in [0.29, 0.717) is 16.5 Å². The standard InChI is InChI=1S/C16H19ClN2O5/c1-9(16(22)23)18(2)15(21)10-6-14(20)19(8-10)12-7-11(17)4-5-13(12)24-3/h4-5,7,9-10H,6,8H2,1-3H3,(H,22,23). The fourth-order valence-corrected chi connectivity index (χ4v) is 2.79. The monoisotopic (exact) mass is 354 g/mol. The molecule has 1 heterocycles. The number of likely N-dealkylation sites (N-methyl/N-ethyl adjacent to an activating group) is 1. The van der Waals surface area contributed by atoms with E-state index in [1.807, 2.05) is 0 Å². The van der Waals surface area contributed by atoms with Crippen molar-refractivity contribution < 1.29 is 24.2 Å². The van der Waals surface area contributed by atoms with Crippen LogP contribution in [0.4, 0.5) is 5.69 Å². The number of aliphatic carboxylic acids is 1. The minimum absolute atomic E-state index is 0.0190. The molecule has 0 aromatic heterocycles. The lowest BCUT2D eigenvalue weighted by atomic mass is 10.1. The number of halogens is 1. The van der Waals surface area contributed by atoms with Gasteiger partial charge >= 0.3 is 5.97 Å². The van der Waals surface area contributed by atoms with Crippen molar-refractivity contribution in [2.24, 2.45) is 5.92 Å². The summed E-state index contributed by atoms with van der Waals surface area (Å²) in [5.41, 5.74) is 0.499. The maximum absolute atomic E-state index is 12.5. The van der Waals surface area contributed by atoms with Gasteiger partial charge in [-0.15, -0.1) is 0 Å². The van der Waals surface area contributed by atoms with Gasteiger partial charge in [-0.2, -0.15) is 0 Å². The van der Waals surface area contributed by atoms with Crippen LogP contribution in [0.1, 0.15) is 13.3 Å². The molecule has 130 valence electrons. The molecular weight excluding hydrogens is 336 g/mol. The Balaban J connectivity index is 2.21. The number of anilines is 1. The lowest BCUT2D eigenvalue weighted by molar-refractivity contribution is -0.149. The van der Waals surface area contributed by atoms with E-state index in [0.717, 1.165) is 4.90 Å². The maximum Gasteiger partial charge on any atom is 0.326 e. The number of nitrogens with zero attached hydrogens (tertiary/aromatic N) is 2. The van der Waals surface area contributed by atoms with Gasteiger partial charge in [-0.25, -0.2) is 4.79 Å². The summed E-state index contributed by atoms with van der Waals surface area (Å²) in [7, 11) is 2.91. The smallest absolute Gasteiger partial charge is 0.326 e. The van der Waals surface area contributed by atoms with E-state index in [2.05, 4.69) is 0 Å². The van der Waals surface area contributed by atoms with Crippen LogP contribution < -0.4 is 9.64 Å². The first kappa shape index (κ1) is 18.1. The molecular formula is C16H19ClN2O5. The maximum atomic E-state index is 12.5. The van der Waals surface area contributed by atoms with Crippen LogP contribution in [0, 0.1) is 5.92 Å². The highest BCUT2D eigenvalue weighted by molar-refractivity contribution is 6.31. The van der Waals surface area contributed by atoms with E-state index in [9.17, 15) is 14.4 Å². The molecule has 8 heteroatoms. The van der Waals surface area contributed by atoms with E-state index in [-0.39, 0.29) is 24.8 Å². The Labute approximate surface area is 144 Å². The number of carbonyl (C=O) groups is 3. The second-order valence-corrected chi connectivity index (χ2v) is 6.12. The zero-order valence-corrected chi connectivity index (χ0v) is 14.4. The number of ether oxygens (including phenoxy) is 1. The average molecular weight is 355 g/mol. The second kappa shape index (κ2) is 7.09. The third kappa shape index (κ3) is 3.46. The van der Waals surface area contributed by atoms with Crippen molar-refractivity contribution in [2.75, 3.05) is 25.6 Å². The molecule has 0 saturated carbocycles. The number of rotatable bonds is 5. The molecule has 0 spiro atoms. The number of benzene rings is 1. The van der Waals surface area contributed by atoms with Crippen molar-refractivity contribution in [1.82, 2.24) is 4.90 Å². The van der Waals surface area contributed by atoms with Crippen LogP contribution in [0.5, 0.6) is 5.75 Å². The number of amides is 2. The summed E-state index contributed by atoms with van der Waals surface area (Å²) in [5.74, 6) is -1.82. The van der Waals surface area contributed by atoms with Crippen molar-refractivity contribution in [3.63, 3.8) is 0 Å². The van der Waals surface area contributed by atoms with Gasteiger partial charge in [-0.05, 0) is 25.1 Å². The van der Waals surface area contributed by atoms with E-state index >= 15 is 0 Å². The van der Waals surface area contributed by atoms with Crippen molar-refractivity contribution in [3.05, 3.63) is 23.2 Å². The van der Waals surface area contributed by atoms with Gasteiger partial charge in [0.15, 0.2) is 0 Å². The third-order valence-electron chi connectivity index (χ3n) is 4.19. The molecule has 1 saturated heterocycles.